The molecule has 4 rings (SSSR count). The summed E-state index contributed by atoms with van der Waals surface area (Å²) in [6, 6.07) is 17.5. The second-order valence-corrected chi connectivity index (χ2v) is 7.62. The summed E-state index contributed by atoms with van der Waals surface area (Å²) in [4.78, 5) is 23.3. The summed E-state index contributed by atoms with van der Waals surface area (Å²) in [6.45, 7) is 2.01. The predicted molar refractivity (Wildman–Crippen MR) is 117 cm³/mol. The standard InChI is InChI=1S/C22H18N4O4S/c1-14-4-10-17(11-5-14)26-20(18-3-2-12-30-18)24-25-22(26)31-13-19(27)23-16-8-6-15(7-9-16)21(28)29/h2-12H,13H2,1H3,(H,23,27)(H,28,29). The third kappa shape index (κ3) is 4.67. The van der Waals surface area contributed by atoms with Crippen LogP contribution in [0.2, 0.25) is 0 Å². The van der Waals surface area contributed by atoms with Gasteiger partial charge in [-0.25, -0.2) is 4.79 Å². The van der Waals surface area contributed by atoms with Crippen LogP contribution in [0.15, 0.2) is 76.5 Å². The lowest BCUT2D eigenvalue weighted by Gasteiger charge is -2.10. The molecule has 0 bridgehead atoms. The number of rotatable bonds is 7. The molecule has 2 aromatic heterocycles. The van der Waals surface area contributed by atoms with E-state index < -0.39 is 5.97 Å². The molecule has 156 valence electrons. The highest BCUT2D eigenvalue weighted by Gasteiger charge is 2.19. The van der Waals surface area contributed by atoms with Crippen molar-refractivity contribution in [2.24, 2.45) is 0 Å². The molecule has 0 spiro atoms. The van der Waals surface area contributed by atoms with Gasteiger partial charge in [-0.05, 0) is 55.5 Å². The fourth-order valence-corrected chi connectivity index (χ4v) is 3.63. The lowest BCUT2D eigenvalue weighted by atomic mass is 10.2. The molecule has 9 heteroatoms. The Morgan fingerprint density at radius 3 is 2.45 bits per heavy atom. The Hall–Kier alpha value is -3.85. The zero-order valence-corrected chi connectivity index (χ0v) is 17.3. The quantitative estimate of drug-likeness (QED) is 0.418. The van der Waals surface area contributed by atoms with Gasteiger partial charge in [-0.2, -0.15) is 0 Å². The number of thioether (sulfide) groups is 1. The molecule has 0 aliphatic heterocycles. The fourth-order valence-electron chi connectivity index (χ4n) is 2.88. The summed E-state index contributed by atoms with van der Waals surface area (Å²) in [7, 11) is 0. The minimum absolute atomic E-state index is 0.100. The molecule has 2 heterocycles. The van der Waals surface area contributed by atoms with E-state index in [2.05, 4.69) is 15.5 Å². The summed E-state index contributed by atoms with van der Waals surface area (Å²) < 4.78 is 7.34. The van der Waals surface area contributed by atoms with Crippen molar-refractivity contribution in [3.8, 4) is 17.3 Å². The highest BCUT2D eigenvalue weighted by Crippen LogP contribution is 2.28. The molecule has 8 nitrogen and oxygen atoms in total. The van der Waals surface area contributed by atoms with Gasteiger partial charge in [0.15, 0.2) is 10.9 Å². The molecule has 31 heavy (non-hydrogen) atoms. The molecule has 0 aliphatic carbocycles. The number of carbonyl (C=O) groups excluding carboxylic acids is 1. The average molecular weight is 434 g/mol. The summed E-state index contributed by atoms with van der Waals surface area (Å²) in [5.41, 5.74) is 2.66. The van der Waals surface area contributed by atoms with Gasteiger partial charge in [0.25, 0.3) is 0 Å². The number of aromatic nitrogens is 3. The Balaban J connectivity index is 1.52. The van der Waals surface area contributed by atoms with Crippen LogP contribution in [0.5, 0.6) is 0 Å². The second kappa shape index (κ2) is 8.88. The number of hydrogen-bond donors (Lipinski definition) is 2. The van der Waals surface area contributed by atoms with Crippen molar-refractivity contribution in [1.29, 1.82) is 0 Å². The molecule has 0 radical (unpaired) electrons. The van der Waals surface area contributed by atoms with Crippen LogP contribution in [-0.2, 0) is 4.79 Å². The molecule has 2 N–H and O–H groups in total. The topological polar surface area (TPSA) is 110 Å². The molecule has 0 unspecified atom stereocenters. The Morgan fingerprint density at radius 1 is 1.06 bits per heavy atom. The number of amides is 1. The number of anilines is 1. The summed E-state index contributed by atoms with van der Waals surface area (Å²) in [5.74, 6) is -0.0470. The number of aromatic carboxylic acids is 1. The number of carbonyl (C=O) groups is 2. The fraction of sp³-hybridized carbons (Fsp3) is 0.0909. The zero-order valence-electron chi connectivity index (χ0n) is 16.5. The summed E-state index contributed by atoms with van der Waals surface area (Å²) in [5, 5.41) is 20.8. The summed E-state index contributed by atoms with van der Waals surface area (Å²) in [6.07, 6.45) is 1.57. The maximum atomic E-state index is 12.4. The number of carboxylic acid groups (broad SMARTS) is 1. The van der Waals surface area contributed by atoms with E-state index in [4.69, 9.17) is 9.52 Å². The first-order valence-electron chi connectivity index (χ1n) is 9.33. The lowest BCUT2D eigenvalue weighted by Crippen LogP contribution is -2.14. The first-order chi connectivity index (χ1) is 15.0. The van der Waals surface area contributed by atoms with Crippen molar-refractivity contribution < 1.29 is 19.1 Å². The first-order valence-corrected chi connectivity index (χ1v) is 10.3. The van der Waals surface area contributed by atoms with E-state index in [1.165, 1.54) is 23.9 Å². The first kappa shape index (κ1) is 20.4. The van der Waals surface area contributed by atoms with Gasteiger partial charge >= 0.3 is 5.97 Å². The number of hydrogen-bond acceptors (Lipinski definition) is 6. The summed E-state index contributed by atoms with van der Waals surface area (Å²) >= 11 is 1.24. The predicted octanol–water partition coefficient (Wildman–Crippen LogP) is 4.26. The monoisotopic (exact) mass is 434 g/mol. The molecule has 1 amide bonds. The van der Waals surface area contributed by atoms with Crippen LogP contribution < -0.4 is 5.32 Å². The van der Waals surface area contributed by atoms with E-state index in [0.29, 0.717) is 22.4 Å². The van der Waals surface area contributed by atoms with E-state index >= 15 is 0 Å². The van der Waals surface area contributed by atoms with Gasteiger partial charge in [-0.1, -0.05) is 29.5 Å². The van der Waals surface area contributed by atoms with Crippen molar-refractivity contribution in [3.05, 3.63) is 78.1 Å². The number of benzene rings is 2. The number of carboxylic acids is 1. The number of nitrogens with zero attached hydrogens (tertiary/aromatic N) is 3. The SMILES string of the molecule is Cc1ccc(-n2c(SCC(=O)Nc3ccc(C(=O)O)cc3)nnc2-c2ccco2)cc1. The second-order valence-electron chi connectivity index (χ2n) is 6.67. The molecule has 4 aromatic rings. The third-order valence-electron chi connectivity index (χ3n) is 4.42. The largest absolute Gasteiger partial charge is 0.478 e. The highest BCUT2D eigenvalue weighted by atomic mass is 32.2. The Bertz CT molecular complexity index is 1200. The maximum Gasteiger partial charge on any atom is 0.335 e. The number of nitrogens with one attached hydrogen (secondary N) is 1. The van der Waals surface area contributed by atoms with Gasteiger partial charge in [0, 0.05) is 11.4 Å². The number of furan rings is 1. The normalized spacial score (nSPS) is 10.7. The van der Waals surface area contributed by atoms with Gasteiger partial charge in [0.1, 0.15) is 0 Å². The minimum Gasteiger partial charge on any atom is -0.478 e. The van der Waals surface area contributed by atoms with Crippen LogP contribution in [0.25, 0.3) is 17.3 Å². The van der Waals surface area contributed by atoms with E-state index in [1.54, 1.807) is 30.5 Å². The molecule has 2 aromatic carbocycles. The Kier molecular flexibility index (Phi) is 5.85. The van der Waals surface area contributed by atoms with E-state index in [0.717, 1.165) is 11.3 Å². The van der Waals surface area contributed by atoms with E-state index in [1.807, 2.05) is 35.8 Å². The molecular weight excluding hydrogens is 416 g/mol. The molecule has 0 aliphatic rings. The van der Waals surface area contributed by atoms with Crippen LogP contribution in [0.1, 0.15) is 15.9 Å². The maximum absolute atomic E-state index is 12.4. The van der Waals surface area contributed by atoms with Gasteiger partial charge in [-0.15, -0.1) is 10.2 Å². The molecule has 0 atom stereocenters. The van der Waals surface area contributed by atoms with Gasteiger partial charge in [0.2, 0.25) is 11.7 Å². The molecular formula is C22H18N4O4S. The zero-order chi connectivity index (χ0) is 21.8. The third-order valence-corrected chi connectivity index (χ3v) is 5.34. The lowest BCUT2D eigenvalue weighted by molar-refractivity contribution is -0.113. The van der Waals surface area contributed by atoms with Gasteiger partial charge in [-0.3, -0.25) is 9.36 Å². The Morgan fingerprint density at radius 2 is 1.81 bits per heavy atom. The van der Waals surface area contributed by atoms with Crippen LogP contribution in [0, 0.1) is 6.92 Å². The Labute approximate surface area is 181 Å². The van der Waals surface area contributed by atoms with Crippen molar-refractivity contribution in [2.75, 3.05) is 11.1 Å². The average Bonchev–Trinajstić information content (AvgIpc) is 3.43. The van der Waals surface area contributed by atoms with Crippen LogP contribution in [-0.4, -0.2) is 37.5 Å². The van der Waals surface area contributed by atoms with Crippen LogP contribution >= 0.6 is 11.8 Å². The van der Waals surface area contributed by atoms with Gasteiger partial charge < -0.3 is 14.8 Å². The number of aryl methyl sites for hydroxylation is 1. The van der Waals surface area contributed by atoms with Crippen molar-refractivity contribution in [1.82, 2.24) is 14.8 Å². The van der Waals surface area contributed by atoms with E-state index in [9.17, 15) is 9.59 Å². The van der Waals surface area contributed by atoms with Crippen molar-refractivity contribution in [3.63, 3.8) is 0 Å². The molecule has 0 saturated heterocycles. The molecule has 0 fully saturated rings. The van der Waals surface area contributed by atoms with Crippen molar-refractivity contribution in [2.45, 2.75) is 12.1 Å². The highest BCUT2D eigenvalue weighted by molar-refractivity contribution is 7.99. The molecule has 0 saturated carbocycles. The van der Waals surface area contributed by atoms with Gasteiger partial charge in [0.05, 0.1) is 17.6 Å². The van der Waals surface area contributed by atoms with E-state index in [-0.39, 0.29) is 17.2 Å². The van der Waals surface area contributed by atoms with Crippen LogP contribution in [0.3, 0.4) is 0 Å². The smallest absolute Gasteiger partial charge is 0.335 e. The van der Waals surface area contributed by atoms with Crippen molar-refractivity contribution >= 4 is 29.3 Å². The minimum atomic E-state index is -1.02. The van der Waals surface area contributed by atoms with Crippen LogP contribution in [0.4, 0.5) is 5.69 Å².